The lowest BCUT2D eigenvalue weighted by Gasteiger charge is -2.23. The lowest BCUT2D eigenvalue weighted by molar-refractivity contribution is -0.131. The maximum atomic E-state index is 13.4. The monoisotopic (exact) mass is 611 g/mol. The number of fused-ring (bicyclic) bond motifs is 2. The van der Waals surface area contributed by atoms with Crippen molar-refractivity contribution in [3.63, 3.8) is 0 Å². The van der Waals surface area contributed by atoms with E-state index in [1.807, 2.05) is 42.6 Å². The molecule has 7 heteroatoms. The number of benzene rings is 4. The molecular formula is C39H37N3O4. The van der Waals surface area contributed by atoms with Gasteiger partial charge >= 0.3 is 6.03 Å². The SMILES string of the molecule is Cc1cccc2c(-c3cccc(OCCCCN4C(=O)NC(C)(c5ccc6c(c5)CCO6)C4=O)c3)c(Cc3ccccc3)cnc12. The van der Waals surface area contributed by atoms with E-state index in [0.29, 0.717) is 32.6 Å². The number of aryl methyl sites for hydroxylation is 1. The third-order valence-electron chi connectivity index (χ3n) is 9.12. The van der Waals surface area contributed by atoms with Gasteiger partial charge in [0.05, 0.1) is 18.7 Å². The maximum absolute atomic E-state index is 13.4. The first-order valence-electron chi connectivity index (χ1n) is 16.0. The van der Waals surface area contributed by atoms with Crippen LogP contribution in [-0.2, 0) is 23.2 Å². The highest BCUT2D eigenvalue weighted by Gasteiger charge is 2.48. The number of carbonyl (C=O) groups is 2. The smallest absolute Gasteiger partial charge is 0.325 e. The van der Waals surface area contributed by atoms with Gasteiger partial charge < -0.3 is 14.8 Å². The number of carbonyl (C=O) groups excluding carboxylic acids is 2. The zero-order valence-corrected chi connectivity index (χ0v) is 26.2. The minimum absolute atomic E-state index is 0.226. The molecule has 0 aliphatic carbocycles. The van der Waals surface area contributed by atoms with Gasteiger partial charge in [0.1, 0.15) is 17.0 Å². The van der Waals surface area contributed by atoms with Crippen molar-refractivity contribution in [1.82, 2.24) is 15.2 Å². The van der Waals surface area contributed by atoms with Crippen molar-refractivity contribution in [1.29, 1.82) is 0 Å². The summed E-state index contributed by atoms with van der Waals surface area (Å²) in [5.74, 6) is 1.41. The summed E-state index contributed by atoms with van der Waals surface area (Å²) in [6.07, 6.45) is 4.93. The van der Waals surface area contributed by atoms with Gasteiger partial charge in [-0.3, -0.25) is 14.7 Å². The summed E-state index contributed by atoms with van der Waals surface area (Å²) in [4.78, 5) is 32.5. The van der Waals surface area contributed by atoms with Crippen molar-refractivity contribution >= 4 is 22.8 Å². The van der Waals surface area contributed by atoms with E-state index < -0.39 is 5.54 Å². The minimum atomic E-state index is -1.08. The Morgan fingerprint density at radius 2 is 1.80 bits per heavy atom. The molecule has 46 heavy (non-hydrogen) atoms. The number of imide groups is 1. The number of rotatable bonds is 10. The number of nitrogens with one attached hydrogen (secondary N) is 1. The number of para-hydroxylation sites is 1. The predicted molar refractivity (Wildman–Crippen MR) is 179 cm³/mol. The number of urea groups is 1. The molecule has 1 N–H and O–H groups in total. The highest BCUT2D eigenvalue weighted by atomic mass is 16.5. The number of aromatic nitrogens is 1. The van der Waals surface area contributed by atoms with E-state index in [-0.39, 0.29) is 11.9 Å². The Morgan fingerprint density at radius 3 is 2.67 bits per heavy atom. The average Bonchev–Trinajstić information content (AvgIpc) is 3.63. The number of hydrogen-bond acceptors (Lipinski definition) is 5. The van der Waals surface area contributed by atoms with Crippen molar-refractivity contribution < 1.29 is 19.1 Å². The summed E-state index contributed by atoms with van der Waals surface area (Å²) in [5, 5.41) is 4.05. The van der Waals surface area contributed by atoms with Gasteiger partial charge in [-0.2, -0.15) is 0 Å². The molecular weight excluding hydrogens is 574 g/mol. The Labute approximate surface area is 269 Å². The lowest BCUT2D eigenvalue weighted by Crippen LogP contribution is -2.41. The zero-order chi connectivity index (χ0) is 31.7. The molecule has 5 aromatic rings. The van der Waals surface area contributed by atoms with Crippen LogP contribution in [0.4, 0.5) is 4.79 Å². The minimum Gasteiger partial charge on any atom is -0.494 e. The second-order valence-electron chi connectivity index (χ2n) is 12.3. The van der Waals surface area contributed by atoms with Crippen LogP contribution in [-0.4, -0.2) is 41.6 Å². The quantitative estimate of drug-likeness (QED) is 0.132. The molecule has 0 spiro atoms. The number of hydrogen-bond donors (Lipinski definition) is 1. The van der Waals surface area contributed by atoms with E-state index in [1.165, 1.54) is 16.0 Å². The standard InChI is InChI=1S/C39H37N3O4/c1-26-10-8-15-33-35(30(25-40-36(26)33)22-27-11-4-3-5-12-27)29-13-9-14-32(24-29)45-20-7-6-19-42-37(43)39(2,41-38(42)44)31-16-17-34-28(23-31)18-21-46-34/h3-5,8-17,23-25H,6-7,18-22H2,1-2H3,(H,41,44). The highest BCUT2D eigenvalue weighted by molar-refractivity contribution is 6.07. The largest absolute Gasteiger partial charge is 0.494 e. The van der Waals surface area contributed by atoms with Crippen molar-refractivity contribution in [2.24, 2.45) is 0 Å². The molecule has 2 aliphatic rings. The zero-order valence-electron chi connectivity index (χ0n) is 26.2. The molecule has 0 radical (unpaired) electrons. The lowest BCUT2D eigenvalue weighted by atomic mass is 9.90. The second kappa shape index (κ2) is 12.3. The van der Waals surface area contributed by atoms with E-state index in [1.54, 1.807) is 6.92 Å². The van der Waals surface area contributed by atoms with Gasteiger partial charge in [0.15, 0.2) is 0 Å². The van der Waals surface area contributed by atoms with E-state index >= 15 is 0 Å². The van der Waals surface area contributed by atoms with Gasteiger partial charge in [-0.25, -0.2) is 4.79 Å². The molecule has 4 aromatic carbocycles. The second-order valence-corrected chi connectivity index (χ2v) is 12.3. The summed E-state index contributed by atoms with van der Waals surface area (Å²) in [7, 11) is 0. The summed E-state index contributed by atoms with van der Waals surface area (Å²) in [5.41, 5.74) is 7.56. The third kappa shape index (κ3) is 5.58. The highest BCUT2D eigenvalue weighted by Crippen LogP contribution is 2.36. The number of pyridine rings is 1. The Hall–Kier alpha value is -5.17. The Morgan fingerprint density at radius 1 is 0.957 bits per heavy atom. The van der Waals surface area contributed by atoms with Crippen molar-refractivity contribution in [3.05, 3.63) is 125 Å². The topological polar surface area (TPSA) is 80.8 Å². The first-order valence-corrected chi connectivity index (χ1v) is 16.0. The van der Waals surface area contributed by atoms with Gasteiger partial charge in [-0.05, 0) is 96.3 Å². The molecule has 1 unspecified atom stereocenters. The fraction of sp³-hybridized carbons (Fsp3) is 0.256. The fourth-order valence-corrected chi connectivity index (χ4v) is 6.60. The van der Waals surface area contributed by atoms with Crippen LogP contribution in [0.5, 0.6) is 11.5 Å². The number of unbranched alkanes of at least 4 members (excludes halogenated alkanes) is 1. The molecule has 0 saturated carbocycles. The molecule has 0 bridgehead atoms. The van der Waals surface area contributed by atoms with E-state index in [9.17, 15) is 9.59 Å². The Bertz CT molecular complexity index is 1940. The predicted octanol–water partition coefficient (Wildman–Crippen LogP) is 7.36. The molecule has 232 valence electrons. The van der Waals surface area contributed by atoms with Crippen LogP contribution in [0, 0.1) is 6.92 Å². The third-order valence-corrected chi connectivity index (χ3v) is 9.12. The summed E-state index contributed by atoms with van der Waals surface area (Å²) in [6, 6.07) is 30.4. The van der Waals surface area contributed by atoms with Crippen LogP contribution in [0.25, 0.3) is 22.0 Å². The van der Waals surface area contributed by atoms with Crippen LogP contribution in [0.3, 0.4) is 0 Å². The first-order chi connectivity index (χ1) is 22.4. The van der Waals surface area contributed by atoms with Crippen molar-refractivity contribution in [2.75, 3.05) is 19.8 Å². The molecule has 7 rings (SSSR count). The van der Waals surface area contributed by atoms with E-state index in [0.717, 1.165) is 63.1 Å². The van der Waals surface area contributed by atoms with Gasteiger partial charge in [-0.1, -0.05) is 66.7 Å². The molecule has 1 atom stereocenters. The van der Waals surface area contributed by atoms with Crippen LogP contribution >= 0.6 is 0 Å². The van der Waals surface area contributed by atoms with Crippen LogP contribution in [0.2, 0.25) is 0 Å². The number of amides is 3. The fourth-order valence-electron chi connectivity index (χ4n) is 6.60. The molecule has 3 amide bonds. The summed E-state index contributed by atoms with van der Waals surface area (Å²) < 4.78 is 11.8. The van der Waals surface area contributed by atoms with E-state index in [4.69, 9.17) is 14.5 Å². The molecule has 7 nitrogen and oxygen atoms in total. The summed E-state index contributed by atoms with van der Waals surface area (Å²) in [6.45, 7) is 5.33. The van der Waals surface area contributed by atoms with Crippen molar-refractivity contribution in [2.45, 2.75) is 45.1 Å². The molecule has 1 fully saturated rings. The maximum Gasteiger partial charge on any atom is 0.325 e. The molecule has 2 aliphatic heterocycles. The first kappa shape index (κ1) is 29.5. The molecule has 1 aromatic heterocycles. The summed E-state index contributed by atoms with van der Waals surface area (Å²) >= 11 is 0. The Kier molecular flexibility index (Phi) is 7.91. The average molecular weight is 612 g/mol. The number of ether oxygens (including phenoxy) is 2. The van der Waals surface area contributed by atoms with Crippen LogP contribution in [0.15, 0.2) is 97.2 Å². The van der Waals surface area contributed by atoms with Gasteiger partial charge in [0, 0.05) is 24.5 Å². The molecule has 1 saturated heterocycles. The van der Waals surface area contributed by atoms with E-state index in [2.05, 4.69) is 66.8 Å². The van der Waals surface area contributed by atoms with Gasteiger partial charge in [0.25, 0.3) is 5.91 Å². The number of nitrogens with zero attached hydrogens (tertiary/aromatic N) is 2. The van der Waals surface area contributed by atoms with Crippen LogP contribution < -0.4 is 14.8 Å². The van der Waals surface area contributed by atoms with Gasteiger partial charge in [-0.15, -0.1) is 0 Å². The normalized spacial score (nSPS) is 17.2. The Balaban J connectivity index is 1.02. The van der Waals surface area contributed by atoms with Crippen molar-refractivity contribution in [3.8, 4) is 22.6 Å². The van der Waals surface area contributed by atoms with Gasteiger partial charge in [0.2, 0.25) is 0 Å². The van der Waals surface area contributed by atoms with Crippen LogP contribution in [0.1, 0.15) is 47.6 Å². The molecule has 3 heterocycles.